The molecule has 0 aromatic rings. The first-order valence-corrected chi connectivity index (χ1v) is 3.55. The number of hydrogen-bond donors (Lipinski definition) is 0. The molecule has 52 valence electrons. The van der Waals surface area contributed by atoms with Crippen LogP contribution in [0.5, 0.6) is 0 Å². The van der Waals surface area contributed by atoms with E-state index in [9.17, 15) is 0 Å². The van der Waals surface area contributed by atoms with Crippen LogP contribution < -0.4 is 0 Å². The summed E-state index contributed by atoms with van der Waals surface area (Å²) in [5, 5.41) is 0. The molecule has 0 heterocycles. The monoisotopic (exact) mass is 124 g/mol. The van der Waals surface area contributed by atoms with Crippen LogP contribution >= 0.6 is 0 Å². The molecule has 0 saturated carbocycles. The van der Waals surface area contributed by atoms with Crippen molar-refractivity contribution in [3.8, 4) is 0 Å². The summed E-state index contributed by atoms with van der Waals surface area (Å²) >= 11 is 0. The molecule has 0 spiro atoms. The minimum Gasteiger partial charge on any atom is -0.103 e. The first-order chi connectivity index (χ1) is 4.31. The number of hydrogen-bond acceptors (Lipinski definition) is 0. The van der Waals surface area contributed by atoms with Crippen LogP contribution in [0.15, 0.2) is 24.8 Å². The fraction of sp³-hybridized carbons (Fsp3) is 0.556. The van der Waals surface area contributed by atoms with E-state index in [1.54, 1.807) is 0 Å². The fourth-order valence-electron chi connectivity index (χ4n) is 0.806. The first kappa shape index (κ1) is 8.48. The second kappa shape index (κ2) is 5.61. The van der Waals surface area contributed by atoms with Crippen molar-refractivity contribution in [2.24, 2.45) is 5.92 Å². The fourth-order valence-corrected chi connectivity index (χ4v) is 0.806. The summed E-state index contributed by atoms with van der Waals surface area (Å²) in [5.74, 6) is 0.716. The van der Waals surface area contributed by atoms with Gasteiger partial charge in [-0.05, 0) is 25.7 Å². The van der Waals surface area contributed by atoms with Gasteiger partial charge in [-0.15, -0.1) is 6.58 Å². The summed E-state index contributed by atoms with van der Waals surface area (Å²) < 4.78 is 0. The highest BCUT2D eigenvalue weighted by molar-refractivity contribution is 4.84. The molecule has 0 saturated heterocycles. The maximum atomic E-state index is 3.67. The van der Waals surface area contributed by atoms with E-state index in [-0.39, 0.29) is 0 Å². The molecule has 9 heavy (non-hydrogen) atoms. The van der Waals surface area contributed by atoms with Crippen LogP contribution in [0.25, 0.3) is 0 Å². The molecule has 0 aliphatic heterocycles. The van der Waals surface area contributed by atoms with Crippen LogP contribution in [-0.2, 0) is 0 Å². The standard InChI is InChI=1S/C9H16/c1-4-6-8-9(3)7-5-2/h4-5,7,9H,1,6,8H2,2-3H3/b7-5+. The second-order valence-electron chi connectivity index (χ2n) is 2.37. The minimum absolute atomic E-state index is 0.716. The van der Waals surface area contributed by atoms with E-state index in [1.165, 1.54) is 6.42 Å². The van der Waals surface area contributed by atoms with Crippen molar-refractivity contribution in [3.63, 3.8) is 0 Å². The summed E-state index contributed by atoms with van der Waals surface area (Å²) in [6, 6.07) is 0. The zero-order chi connectivity index (χ0) is 7.11. The van der Waals surface area contributed by atoms with Gasteiger partial charge in [0.05, 0.1) is 0 Å². The Morgan fingerprint density at radius 2 is 2.22 bits per heavy atom. The lowest BCUT2D eigenvalue weighted by Gasteiger charge is -2.00. The van der Waals surface area contributed by atoms with Gasteiger partial charge in [0.2, 0.25) is 0 Å². The Balaban J connectivity index is 3.25. The van der Waals surface area contributed by atoms with Crippen LogP contribution in [0, 0.1) is 5.92 Å². The lowest BCUT2D eigenvalue weighted by Crippen LogP contribution is -1.86. The predicted octanol–water partition coefficient (Wildman–Crippen LogP) is 3.16. The molecule has 0 fully saturated rings. The zero-order valence-corrected chi connectivity index (χ0v) is 6.43. The maximum absolute atomic E-state index is 3.67. The first-order valence-electron chi connectivity index (χ1n) is 3.55. The average Bonchev–Trinajstić information content (AvgIpc) is 1.85. The molecule has 0 rings (SSSR count). The van der Waals surface area contributed by atoms with Gasteiger partial charge in [0.25, 0.3) is 0 Å². The van der Waals surface area contributed by atoms with Gasteiger partial charge in [-0.25, -0.2) is 0 Å². The predicted molar refractivity (Wildman–Crippen MR) is 43.4 cm³/mol. The Morgan fingerprint density at radius 3 is 2.67 bits per heavy atom. The smallest absolute Gasteiger partial charge is 0.0259 e. The Hall–Kier alpha value is -0.520. The molecule has 0 amide bonds. The van der Waals surface area contributed by atoms with Crippen molar-refractivity contribution < 1.29 is 0 Å². The third-order valence-electron chi connectivity index (χ3n) is 1.35. The van der Waals surface area contributed by atoms with Crippen LogP contribution in [0.4, 0.5) is 0 Å². The summed E-state index contributed by atoms with van der Waals surface area (Å²) in [6.07, 6.45) is 8.66. The Bertz CT molecular complexity index is 90.2. The third-order valence-corrected chi connectivity index (χ3v) is 1.35. The molecular weight excluding hydrogens is 108 g/mol. The van der Waals surface area contributed by atoms with Gasteiger partial charge in [-0.1, -0.05) is 25.2 Å². The van der Waals surface area contributed by atoms with Gasteiger partial charge in [0.15, 0.2) is 0 Å². The van der Waals surface area contributed by atoms with Crippen LogP contribution in [-0.4, -0.2) is 0 Å². The van der Waals surface area contributed by atoms with Crippen molar-refractivity contribution in [2.75, 3.05) is 0 Å². The van der Waals surface area contributed by atoms with E-state index in [2.05, 4.69) is 32.6 Å². The van der Waals surface area contributed by atoms with Gasteiger partial charge in [0.1, 0.15) is 0 Å². The molecule has 0 heteroatoms. The highest BCUT2D eigenvalue weighted by atomic mass is 14.0. The molecule has 0 bridgehead atoms. The molecule has 1 atom stereocenters. The molecular formula is C9H16. The Morgan fingerprint density at radius 1 is 1.56 bits per heavy atom. The number of rotatable bonds is 4. The average molecular weight is 124 g/mol. The van der Waals surface area contributed by atoms with Gasteiger partial charge in [0, 0.05) is 0 Å². The van der Waals surface area contributed by atoms with E-state index in [0.29, 0.717) is 5.92 Å². The van der Waals surface area contributed by atoms with Crippen molar-refractivity contribution in [1.29, 1.82) is 0 Å². The molecule has 0 N–H and O–H groups in total. The van der Waals surface area contributed by atoms with E-state index in [4.69, 9.17) is 0 Å². The summed E-state index contributed by atoms with van der Waals surface area (Å²) in [7, 11) is 0. The second-order valence-corrected chi connectivity index (χ2v) is 2.37. The van der Waals surface area contributed by atoms with E-state index >= 15 is 0 Å². The quantitative estimate of drug-likeness (QED) is 0.505. The largest absolute Gasteiger partial charge is 0.103 e. The zero-order valence-electron chi connectivity index (χ0n) is 6.43. The maximum Gasteiger partial charge on any atom is -0.0259 e. The molecule has 0 aliphatic rings. The SMILES string of the molecule is C=CCCC(C)/C=C/C. The lowest BCUT2D eigenvalue weighted by atomic mass is 10.1. The van der Waals surface area contributed by atoms with E-state index < -0.39 is 0 Å². The topological polar surface area (TPSA) is 0 Å². The van der Waals surface area contributed by atoms with Crippen LogP contribution in [0.3, 0.4) is 0 Å². The number of allylic oxidation sites excluding steroid dienone is 3. The molecule has 0 aliphatic carbocycles. The highest BCUT2D eigenvalue weighted by Gasteiger charge is 1.91. The van der Waals surface area contributed by atoms with E-state index in [0.717, 1.165) is 6.42 Å². The van der Waals surface area contributed by atoms with Gasteiger partial charge >= 0.3 is 0 Å². The van der Waals surface area contributed by atoms with Crippen molar-refractivity contribution >= 4 is 0 Å². The third kappa shape index (κ3) is 5.35. The molecule has 1 unspecified atom stereocenters. The Kier molecular flexibility index (Phi) is 5.29. The van der Waals surface area contributed by atoms with Gasteiger partial charge in [-0.3, -0.25) is 0 Å². The Labute approximate surface area is 58.3 Å². The molecule has 0 aromatic heterocycles. The lowest BCUT2D eigenvalue weighted by molar-refractivity contribution is 0.657. The van der Waals surface area contributed by atoms with E-state index in [1.807, 2.05) is 6.08 Å². The normalized spacial score (nSPS) is 14.0. The highest BCUT2D eigenvalue weighted by Crippen LogP contribution is 2.06. The van der Waals surface area contributed by atoms with Crippen LogP contribution in [0.2, 0.25) is 0 Å². The minimum atomic E-state index is 0.716. The van der Waals surface area contributed by atoms with Gasteiger partial charge < -0.3 is 0 Å². The van der Waals surface area contributed by atoms with Crippen molar-refractivity contribution in [1.82, 2.24) is 0 Å². The molecule has 0 nitrogen and oxygen atoms in total. The summed E-state index contributed by atoms with van der Waals surface area (Å²) in [4.78, 5) is 0. The van der Waals surface area contributed by atoms with Gasteiger partial charge in [-0.2, -0.15) is 0 Å². The van der Waals surface area contributed by atoms with Crippen molar-refractivity contribution in [3.05, 3.63) is 24.8 Å². The molecule has 0 aromatic carbocycles. The summed E-state index contributed by atoms with van der Waals surface area (Å²) in [5.41, 5.74) is 0. The van der Waals surface area contributed by atoms with Crippen LogP contribution in [0.1, 0.15) is 26.7 Å². The summed E-state index contributed by atoms with van der Waals surface area (Å²) in [6.45, 7) is 7.95. The molecule has 0 radical (unpaired) electrons. The van der Waals surface area contributed by atoms with Crippen molar-refractivity contribution in [2.45, 2.75) is 26.7 Å².